The predicted molar refractivity (Wildman–Crippen MR) is 65.7 cm³/mol. The molecule has 0 radical (unpaired) electrons. The van der Waals surface area contributed by atoms with Gasteiger partial charge in [-0.3, -0.25) is 0 Å². The highest BCUT2D eigenvalue weighted by atomic mass is 14.9. The van der Waals surface area contributed by atoms with Crippen LogP contribution in [0, 0.1) is 5.92 Å². The highest BCUT2D eigenvalue weighted by molar-refractivity contribution is 4.86. The molecule has 0 aromatic heterocycles. The second-order valence-electron chi connectivity index (χ2n) is 4.96. The van der Waals surface area contributed by atoms with E-state index < -0.39 is 0 Å². The summed E-state index contributed by atoms with van der Waals surface area (Å²) in [4.78, 5) is 0. The fourth-order valence-electron chi connectivity index (χ4n) is 2.27. The van der Waals surface area contributed by atoms with Gasteiger partial charge in [-0.25, -0.2) is 0 Å². The van der Waals surface area contributed by atoms with E-state index in [4.69, 9.17) is 0 Å². The lowest BCUT2D eigenvalue weighted by Crippen LogP contribution is -2.43. The van der Waals surface area contributed by atoms with E-state index in [1.165, 1.54) is 38.5 Å². The minimum absolute atomic E-state index is 0.424. The first-order valence-corrected chi connectivity index (χ1v) is 6.29. The van der Waals surface area contributed by atoms with E-state index in [0.29, 0.717) is 5.54 Å². The van der Waals surface area contributed by atoms with E-state index >= 15 is 0 Å². The Bertz CT molecular complexity index is 123. The van der Waals surface area contributed by atoms with E-state index in [1.54, 1.807) is 0 Å². The number of rotatable bonds is 8. The van der Waals surface area contributed by atoms with Crippen molar-refractivity contribution in [2.24, 2.45) is 5.92 Å². The van der Waals surface area contributed by atoms with Gasteiger partial charge < -0.3 is 5.32 Å². The molecule has 0 aliphatic carbocycles. The molecule has 86 valence electrons. The second-order valence-corrected chi connectivity index (χ2v) is 4.96. The van der Waals surface area contributed by atoms with Crippen LogP contribution in [0.2, 0.25) is 0 Å². The van der Waals surface area contributed by atoms with Gasteiger partial charge in [-0.1, -0.05) is 40.5 Å². The van der Waals surface area contributed by atoms with Gasteiger partial charge in [-0.2, -0.15) is 0 Å². The standard InChI is InChI=1S/C13H29N/c1-6-9-13(14-5,10-7-2)11-8-12(3)4/h12,14H,6-11H2,1-5H3. The Kier molecular flexibility index (Phi) is 7.26. The van der Waals surface area contributed by atoms with Crippen molar-refractivity contribution in [1.29, 1.82) is 0 Å². The van der Waals surface area contributed by atoms with Crippen molar-refractivity contribution in [3.63, 3.8) is 0 Å². The molecule has 1 nitrogen and oxygen atoms in total. The van der Waals surface area contributed by atoms with Crippen LogP contribution in [0.25, 0.3) is 0 Å². The Labute approximate surface area is 90.7 Å². The Morgan fingerprint density at radius 3 is 1.79 bits per heavy atom. The Hall–Kier alpha value is -0.0400. The Morgan fingerprint density at radius 2 is 1.50 bits per heavy atom. The smallest absolute Gasteiger partial charge is 0.0178 e. The van der Waals surface area contributed by atoms with Crippen molar-refractivity contribution in [2.45, 2.75) is 71.8 Å². The van der Waals surface area contributed by atoms with Crippen LogP contribution >= 0.6 is 0 Å². The lowest BCUT2D eigenvalue weighted by molar-refractivity contribution is 0.256. The molecular formula is C13H29N. The van der Waals surface area contributed by atoms with Gasteiger partial charge >= 0.3 is 0 Å². The fourth-order valence-corrected chi connectivity index (χ4v) is 2.27. The van der Waals surface area contributed by atoms with Crippen molar-refractivity contribution in [3.05, 3.63) is 0 Å². The summed E-state index contributed by atoms with van der Waals surface area (Å²) in [6, 6.07) is 0. The zero-order chi connectivity index (χ0) is 11.0. The Balaban J connectivity index is 4.17. The van der Waals surface area contributed by atoms with E-state index in [1.807, 2.05) is 0 Å². The third-order valence-corrected chi connectivity index (χ3v) is 3.19. The van der Waals surface area contributed by atoms with Gasteiger partial charge in [0.25, 0.3) is 0 Å². The molecule has 0 aromatic carbocycles. The predicted octanol–water partition coefficient (Wildman–Crippen LogP) is 3.98. The molecule has 0 spiro atoms. The van der Waals surface area contributed by atoms with Crippen molar-refractivity contribution in [3.8, 4) is 0 Å². The van der Waals surface area contributed by atoms with Crippen LogP contribution in [0.5, 0.6) is 0 Å². The maximum Gasteiger partial charge on any atom is 0.0178 e. The Morgan fingerprint density at radius 1 is 1.00 bits per heavy atom. The van der Waals surface area contributed by atoms with Crippen molar-refractivity contribution in [1.82, 2.24) is 5.32 Å². The number of nitrogens with one attached hydrogen (secondary N) is 1. The maximum atomic E-state index is 3.57. The van der Waals surface area contributed by atoms with Crippen molar-refractivity contribution in [2.75, 3.05) is 7.05 Å². The van der Waals surface area contributed by atoms with Crippen LogP contribution in [0.1, 0.15) is 66.2 Å². The summed E-state index contributed by atoms with van der Waals surface area (Å²) in [5, 5.41) is 3.57. The summed E-state index contributed by atoms with van der Waals surface area (Å²) in [5.41, 5.74) is 0.424. The van der Waals surface area contributed by atoms with Crippen LogP contribution in [0.3, 0.4) is 0 Å². The average molecular weight is 199 g/mol. The van der Waals surface area contributed by atoms with Crippen molar-refractivity contribution < 1.29 is 0 Å². The zero-order valence-corrected chi connectivity index (χ0v) is 10.8. The van der Waals surface area contributed by atoms with Crippen LogP contribution in [0.4, 0.5) is 0 Å². The summed E-state index contributed by atoms with van der Waals surface area (Å²) in [7, 11) is 2.13. The first-order chi connectivity index (χ1) is 6.60. The summed E-state index contributed by atoms with van der Waals surface area (Å²) >= 11 is 0. The van der Waals surface area contributed by atoms with Gasteiger partial charge in [0.1, 0.15) is 0 Å². The quantitative estimate of drug-likeness (QED) is 0.623. The molecule has 0 amide bonds. The lowest BCUT2D eigenvalue weighted by atomic mass is 9.82. The topological polar surface area (TPSA) is 12.0 Å². The summed E-state index contributed by atoms with van der Waals surface area (Å²) in [5.74, 6) is 0.830. The fraction of sp³-hybridized carbons (Fsp3) is 1.00. The SMILES string of the molecule is CCCC(CCC)(CCC(C)C)NC. The number of hydrogen-bond donors (Lipinski definition) is 1. The van der Waals surface area contributed by atoms with E-state index in [9.17, 15) is 0 Å². The van der Waals surface area contributed by atoms with E-state index in [2.05, 4.69) is 40.1 Å². The molecule has 0 heterocycles. The van der Waals surface area contributed by atoms with Gasteiger partial charge in [-0.05, 0) is 38.6 Å². The molecular weight excluding hydrogens is 170 g/mol. The minimum Gasteiger partial charge on any atom is -0.314 e. The molecule has 0 atom stereocenters. The van der Waals surface area contributed by atoms with Gasteiger partial charge in [0.2, 0.25) is 0 Å². The molecule has 0 fully saturated rings. The molecule has 0 aromatic rings. The largest absolute Gasteiger partial charge is 0.314 e. The molecule has 0 unspecified atom stereocenters. The molecule has 0 aliphatic rings. The van der Waals surface area contributed by atoms with Gasteiger partial charge in [-0.15, -0.1) is 0 Å². The normalized spacial score (nSPS) is 12.4. The molecule has 0 aliphatic heterocycles. The molecule has 14 heavy (non-hydrogen) atoms. The zero-order valence-electron chi connectivity index (χ0n) is 10.8. The summed E-state index contributed by atoms with van der Waals surface area (Å²) < 4.78 is 0. The maximum absolute atomic E-state index is 3.57. The highest BCUT2D eigenvalue weighted by Crippen LogP contribution is 2.26. The lowest BCUT2D eigenvalue weighted by Gasteiger charge is -2.34. The minimum atomic E-state index is 0.424. The van der Waals surface area contributed by atoms with Gasteiger partial charge in [0.15, 0.2) is 0 Å². The number of hydrogen-bond acceptors (Lipinski definition) is 1. The van der Waals surface area contributed by atoms with Crippen LogP contribution in [0.15, 0.2) is 0 Å². The van der Waals surface area contributed by atoms with Crippen LogP contribution < -0.4 is 5.32 Å². The first-order valence-electron chi connectivity index (χ1n) is 6.29. The van der Waals surface area contributed by atoms with Crippen LogP contribution in [-0.4, -0.2) is 12.6 Å². The second kappa shape index (κ2) is 7.28. The highest BCUT2D eigenvalue weighted by Gasteiger charge is 2.25. The third-order valence-electron chi connectivity index (χ3n) is 3.19. The average Bonchev–Trinajstić information content (AvgIpc) is 2.15. The monoisotopic (exact) mass is 199 g/mol. The summed E-state index contributed by atoms with van der Waals surface area (Å²) in [6.45, 7) is 9.21. The molecule has 0 bridgehead atoms. The molecule has 0 rings (SSSR count). The third kappa shape index (κ3) is 4.99. The first kappa shape index (κ1) is 14.0. The molecule has 1 N–H and O–H groups in total. The van der Waals surface area contributed by atoms with E-state index in [-0.39, 0.29) is 0 Å². The molecule has 0 saturated carbocycles. The summed E-state index contributed by atoms with van der Waals surface area (Å²) in [6.07, 6.45) is 7.91. The molecule has 0 saturated heterocycles. The van der Waals surface area contributed by atoms with Gasteiger partial charge in [0.05, 0.1) is 0 Å². The van der Waals surface area contributed by atoms with Gasteiger partial charge in [0, 0.05) is 5.54 Å². The van der Waals surface area contributed by atoms with Crippen molar-refractivity contribution >= 4 is 0 Å². The van der Waals surface area contributed by atoms with E-state index in [0.717, 1.165) is 5.92 Å². The molecule has 1 heteroatoms. The van der Waals surface area contributed by atoms with Crippen LogP contribution in [-0.2, 0) is 0 Å².